The van der Waals surface area contributed by atoms with E-state index < -0.39 is 5.60 Å². The molecule has 0 spiro atoms. The standard InChI is InChI=1S/C31H42N4O2/c1-30(2,3)27(32-19-24-17-18-34(21-24)29(36)37-31(4,5)6)28-33-26(25-15-11-8-12-16-25)22-35(28)20-23-13-9-7-10-14-23/h7-16,22,24,27,32H,17-21H2,1-6H3. The number of benzene rings is 2. The van der Waals surface area contributed by atoms with Gasteiger partial charge in [-0.05, 0) is 44.1 Å². The third-order valence-corrected chi connectivity index (χ3v) is 6.75. The van der Waals surface area contributed by atoms with E-state index in [1.165, 1.54) is 5.56 Å². The summed E-state index contributed by atoms with van der Waals surface area (Å²) in [4.78, 5) is 19.6. The molecule has 3 aromatic rings. The van der Waals surface area contributed by atoms with Crippen LogP contribution in [0.1, 0.15) is 65.4 Å². The minimum Gasteiger partial charge on any atom is -0.444 e. The zero-order chi connectivity index (χ0) is 26.6. The van der Waals surface area contributed by atoms with Crippen molar-refractivity contribution in [3.05, 3.63) is 78.2 Å². The Kier molecular flexibility index (Phi) is 8.08. The fraction of sp³-hybridized carbons (Fsp3) is 0.484. The van der Waals surface area contributed by atoms with Gasteiger partial charge in [-0.1, -0.05) is 81.4 Å². The van der Waals surface area contributed by atoms with Crippen molar-refractivity contribution in [2.45, 2.75) is 66.2 Å². The molecule has 0 saturated carbocycles. The number of nitrogens with one attached hydrogen (secondary N) is 1. The van der Waals surface area contributed by atoms with Gasteiger partial charge in [-0.2, -0.15) is 0 Å². The van der Waals surface area contributed by atoms with Gasteiger partial charge in [0.05, 0.1) is 11.7 Å². The molecule has 1 N–H and O–H groups in total. The lowest BCUT2D eigenvalue weighted by Crippen LogP contribution is -2.39. The molecule has 1 saturated heterocycles. The van der Waals surface area contributed by atoms with E-state index in [0.29, 0.717) is 12.5 Å². The van der Waals surface area contributed by atoms with Crippen molar-refractivity contribution in [1.29, 1.82) is 0 Å². The molecule has 6 heteroatoms. The maximum atomic E-state index is 12.6. The molecular formula is C31H42N4O2. The van der Waals surface area contributed by atoms with E-state index in [1.807, 2.05) is 31.7 Å². The van der Waals surface area contributed by atoms with Crippen molar-refractivity contribution in [3.63, 3.8) is 0 Å². The molecule has 1 aliphatic rings. The number of carbonyl (C=O) groups is 1. The lowest BCUT2D eigenvalue weighted by molar-refractivity contribution is 0.0287. The second kappa shape index (κ2) is 11.1. The van der Waals surface area contributed by atoms with Gasteiger partial charge in [0.1, 0.15) is 11.4 Å². The summed E-state index contributed by atoms with van der Waals surface area (Å²) in [5.41, 5.74) is 2.82. The molecule has 1 amide bonds. The van der Waals surface area contributed by atoms with E-state index in [1.54, 1.807) is 0 Å². The second-order valence-electron chi connectivity index (χ2n) is 12.3. The van der Waals surface area contributed by atoms with Gasteiger partial charge in [-0.25, -0.2) is 9.78 Å². The highest BCUT2D eigenvalue weighted by atomic mass is 16.6. The minimum atomic E-state index is -0.475. The SMILES string of the molecule is CC(C)(C)OC(=O)N1CCC(CNC(c2nc(-c3ccccc3)cn2Cc2ccccc2)C(C)(C)C)C1. The predicted octanol–water partition coefficient (Wildman–Crippen LogP) is 6.53. The maximum absolute atomic E-state index is 12.6. The van der Waals surface area contributed by atoms with E-state index in [4.69, 9.17) is 9.72 Å². The van der Waals surface area contributed by atoms with Crippen LogP contribution in [-0.2, 0) is 11.3 Å². The largest absolute Gasteiger partial charge is 0.444 e. The van der Waals surface area contributed by atoms with Crippen LogP contribution in [0.4, 0.5) is 4.79 Å². The average molecular weight is 503 g/mol. The van der Waals surface area contributed by atoms with Gasteiger partial charge in [0.15, 0.2) is 0 Å². The van der Waals surface area contributed by atoms with Gasteiger partial charge in [-0.3, -0.25) is 0 Å². The molecule has 0 radical (unpaired) electrons. The molecule has 2 aromatic carbocycles. The summed E-state index contributed by atoms with van der Waals surface area (Å²) in [6, 6.07) is 21.0. The smallest absolute Gasteiger partial charge is 0.410 e. The number of nitrogens with zero attached hydrogens (tertiary/aromatic N) is 3. The Balaban J connectivity index is 1.55. The molecule has 2 atom stereocenters. The first-order valence-electron chi connectivity index (χ1n) is 13.4. The molecule has 1 fully saturated rings. The average Bonchev–Trinajstić information content (AvgIpc) is 3.47. The highest BCUT2D eigenvalue weighted by Gasteiger charge is 2.34. The molecule has 4 rings (SSSR count). The van der Waals surface area contributed by atoms with Crippen LogP contribution in [0, 0.1) is 11.3 Å². The molecule has 2 unspecified atom stereocenters. The summed E-state index contributed by atoms with van der Waals surface area (Å²) >= 11 is 0. The Morgan fingerprint density at radius 3 is 2.30 bits per heavy atom. The Hall–Kier alpha value is -3.12. The summed E-state index contributed by atoms with van der Waals surface area (Å²) in [5.74, 6) is 1.42. The van der Waals surface area contributed by atoms with Gasteiger partial charge in [0.2, 0.25) is 0 Å². The molecule has 0 bridgehead atoms. The Morgan fingerprint density at radius 2 is 1.68 bits per heavy atom. The molecule has 198 valence electrons. The van der Waals surface area contributed by atoms with Gasteiger partial charge in [-0.15, -0.1) is 0 Å². The minimum absolute atomic E-state index is 0.0456. The van der Waals surface area contributed by atoms with Gasteiger partial charge >= 0.3 is 6.09 Å². The summed E-state index contributed by atoms with van der Waals surface area (Å²) < 4.78 is 7.88. The Bertz CT molecular complexity index is 1160. The number of hydrogen-bond acceptors (Lipinski definition) is 4. The predicted molar refractivity (Wildman–Crippen MR) is 149 cm³/mol. The van der Waals surface area contributed by atoms with Crippen LogP contribution in [0.3, 0.4) is 0 Å². The molecule has 1 aliphatic heterocycles. The number of ether oxygens (including phenoxy) is 1. The van der Waals surface area contributed by atoms with Crippen LogP contribution in [0.5, 0.6) is 0 Å². The van der Waals surface area contributed by atoms with E-state index in [-0.39, 0.29) is 17.6 Å². The van der Waals surface area contributed by atoms with Crippen molar-refractivity contribution in [3.8, 4) is 11.3 Å². The lowest BCUT2D eigenvalue weighted by Gasteiger charge is -2.32. The summed E-state index contributed by atoms with van der Waals surface area (Å²) in [5, 5.41) is 3.85. The van der Waals surface area contributed by atoms with Crippen LogP contribution in [-0.4, -0.2) is 45.8 Å². The fourth-order valence-corrected chi connectivity index (χ4v) is 4.88. The first kappa shape index (κ1) is 26.9. The van der Waals surface area contributed by atoms with Crippen molar-refractivity contribution < 1.29 is 9.53 Å². The van der Waals surface area contributed by atoms with Crippen LogP contribution in [0.25, 0.3) is 11.3 Å². The molecule has 2 heterocycles. The summed E-state index contributed by atoms with van der Waals surface area (Å²) in [6.07, 6.45) is 2.93. The van der Waals surface area contributed by atoms with Crippen molar-refractivity contribution in [2.24, 2.45) is 11.3 Å². The van der Waals surface area contributed by atoms with Gasteiger partial charge in [0.25, 0.3) is 0 Å². The zero-order valence-corrected chi connectivity index (χ0v) is 23.2. The monoisotopic (exact) mass is 502 g/mol. The summed E-state index contributed by atoms with van der Waals surface area (Å²) in [7, 11) is 0. The number of carbonyl (C=O) groups excluding carboxylic acids is 1. The number of imidazole rings is 1. The van der Waals surface area contributed by atoms with E-state index in [0.717, 1.165) is 43.1 Å². The molecule has 37 heavy (non-hydrogen) atoms. The highest BCUT2D eigenvalue weighted by molar-refractivity contribution is 5.68. The quantitative estimate of drug-likeness (QED) is 0.399. The van der Waals surface area contributed by atoms with Crippen LogP contribution in [0.15, 0.2) is 66.9 Å². The lowest BCUT2D eigenvalue weighted by atomic mass is 9.85. The third kappa shape index (κ3) is 7.22. The number of hydrogen-bond donors (Lipinski definition) is 1. The Labute approximate surface area is 222 Å². The van der Waals surface area contributed by atoms with Gasteiger partial charge < -0.3 is 19.5 Å². The molecule has 1 aromatic heterocycles. The van der Waals surface area contributed by atoms with Gasteiger partial charge in [0, 0.05) is 37.9 Å². The Morgan fingerprint density at radius 1 is 1.03 bits per heavy atom. The van der Waals surface area contributed by atoms with Crippen LogP contribution >= 0.6 is 0 Å². The zero-order valence-electron chi connectivity index (χ0n) is 23.2. The van der Waals surface area contributed by atoms with Crippen LogP contribution < -0.4 is 5.32 Å². The summed E-state index contributed by atoms with van der Waals surface area (Å²) in [6.45, 7) is 15.6. The molecular weight excluding hydrogens is 460 g/mol. The van der Waals surface area contributed by atoms with E-state index in [2.05, 4.69) is 91.4 Å². The first-order chi connectivity index (χ1) is 17.5. The second-order valence-corrected chi connectivity index (χ2v) is 12.3. The van der Waals surface area contributed by atoms with E-state index in [9.17, 15) is 4.79 Å². The fourth-order valence-electron chi connectivity index (χ4n) is 4.88. The number of likely N-dealkylation sites (tertiary alicyclic amines) is 1. The third-order valence-electron chi connectivity index (χ3n) is 6.75. The number of amides is 1. The van der Waals surface area contributed by atoms with Crippen molar-refractivity contribution in [1.82, 2.24) is 19.8 Å². The highest BCUT2D eigenvalue weighted by Crippen LogP contribution is 2.35. The molecule has 6 nitrogen and oxygen atoms in total. The van der Waals surface area contributed by atoms with Crippen molar-refractivity contribution >= 4 is 6.09 Å². The number of aromatic nitrogens is 2. The first-order valence-corrected chi connectivity index (χ1v) is 13.4. The number of rotatable bonds is 7. The topological polar surface area (TPSA) is 59.4 Å². The maximum Gasteiger partial charge on any atom is 0.410 e. The van der Waals surface area contributed by atoms with Crippen molar-refractivity contribution in [2.75, 3.05) is 19.6 Å². The normalized spacial score (nSPS) is 17.1. The van der Waals surface area contributed by atoms with E-state index >= 15 is 0 Å². The molecule has 0 aliphatic carbocycles. The van der Waals surface area contributed by atoms with Crippen LogP contribution in [0.2, 0.25) is 0 Å².